The van der Waals surface area contributed by atoms with Gasteiger partial charge in [0.2, 0.25) is 0 Å². The van der Waals surface area contributed by atoms with Gasteiger partial charge in [-0.15, -0.1) is 35.9 Å². The molecule has 0 fully saturated rings. The molecule has 0 saturated heterocycles. The van der Waals surface area contributed by atoms with Gasteiger partial charge in [0.15, 0.2) is 0 Å². The van der Waals surface area contributed by atoms with Gasteiger partial charge < -0.3 is 4.98 Å². The number of fused-ring (bicyclic) bond motifs is 3. The fourth-order valence-electron chi connectivity index (χ4n) is 4.84. The molecular formula is C37H40GeIrN2SSi-2. The van der Waals surface area contributed by atoms with Crippen LogP contribution in [0.15, 0.2) is 91.3 Å². The summed E-state index contributed by atoms with van der Waals surface area (Å²) in [6, 6.07) is 34.7. The van der Waals surface area contributed by atoms with Crippen LogP contribution in [0.25, 0.3) is 42.7 Å². The molecule has 43 heavy (non-hydrogen) atoms. The molecule has 0 bridgehead atoms. The van der Waals surface area contributed by atoms with Gasteiger partial charge in [0, 0.05) is 26.3 Å². The van der Waals surface area contributed by atoms with Gasteiger partial charge in [-0.05, 0) is 10.9 Å². The number of hydrogen-bond donors (Lipinski definition) is 0. The number of benzene rings is 3. The zero-order valence-corrected chi connectivity index (χ0v) is 32.7. The van der Waals surface area contributed by atoms with Crippen LogP contribution in [-0.2, 0) is 20.1 Å². The molecule has 1 radical (unpaired) electrons. The van der Waals surface area contributed by atoms with Gasteiger partial charge in [0.25, 0.3) is 0 Å². The third kappa shape index (κ3) is 8.01. The summed E-state index contributed by atoms with van der Waals surface area (Å²) in [6.45, 7) is 11.4. The van der Waals surface area contributed by atoms with Crippen molar-refractivity contribution in [2.75, 3.05) is 0 Å². The van der Waals surface area contributed by atoms with E-state index < -0.39 is 21.3 Å². The second-order valence-corrected chi connectivity index (χ2v) is 30.1. The van der Waals surface area contributed by atoms with Gasteiger partial charge in [-0.1, -0.05) is 31.8 Å². The molecule has 3 aromatic heterocycles. The van der Waals surface area contributed by atoms with Crippen molar-refractivity contribution >= 4 is 62.4 Å². The molecule has 6 rings (SSSR count). The Morgan fingerprint density at radius 2 is 1.56 bits per heavy atom. The average molecular weight is 838 g/mol. The minimum absolute atomic E-state index is 0. The molecule has 0 unspecified atom stereocenters. The van der Waals surface area contributed by atoms with Crippen LogP contribution in [0.3, 0.4) is 0 Å². The quantitative estimate of drug-likeness (QED) is 0.128. The molecule has 0 aliphatic rings. The Bertz CT molecular complexity index is 1820. The fraction of sp³-hybridized carbons (Fsp3) is 0.243. The van der Waals surface area contributed by atoms with Crippen molar-refractivity contribution in [3.8, 4) is 22.5 Å². The van der Waals surface area contributed by atoms with E-state index in [0.29, 0.717) is 5.92 Å². The summed E-state index contributed by atoms with van der Waals surface area (Å²) >= 11 is 0.0796. The van der Waals surface area contributed by atoms with Crippen LogP contribution in [0.5, 0.6) is 0 Å². The third-order valence-electron chi connectivity index (χ3n) is 7.61. The van der Waals surface area contributed by atoms with Crippen molar-refractivity contribution in [3.05, 3.63) is 109 Å². The largest absolute Gasteiger partial charge is 0.305 e. The molecule has 6 heteroatoms. The summed E-state index contributed by atoms with van der Waals surface area (Å²) in [6.07, 6.45) is 3.93. The first-order valence-corrected chi connectivity index (χ1v) is 26.3. The second kappa shape index (κ2) is 13.7. The maximum Gasteiger partial charge on any atom is 0.0795 e. The number of nitrogens with zero attached hydrogens (tertiary/aromatic N) is 2. The first-order chi connectivity index (χ1) is 19.9. The van der Waals surface area contributed by atoms with Crippen molar-refractivity contribution in [1.82, 2.24) is 9.97 Å². The number of thiophene rings is 1. The summed E-state index contributed by atoms with van der Waals surface area (Å²) in [5.41, 5.74) is 5.48. The summed E-state index contributed by atoms with van der Waals surface area (Å²) in [7, 11) is -1.23. The Kier molecular flexibility index (Phi) is 10.7. The predicted molar refractivity (Wildman–Crippen MR) is 190 cm³/mol. The Hall–Kier alpha value is -2.41. The second-order valence-electron chi connectivity index (χ2n) is 13.3. The first kappa shape index (κ1) is 33.5. The Morgan fingerprint density at radius 1 is 0.767 bits per heavy atom. The standard InChI is InChI=1S/C23H24GeNS.C14H16NSi.Ir/c1-15(2)16-10-11-25-21(13-16)17-6-9-22-20(12-17)19-8-7-18(24(3,4)5)14-23(19)26-22;1-16(2,3)13-9-10-14(15-11-13)12-7-5-4-6-8-12;/h7-15H,1-5H3;4-7,9-11H,1-3H3;/q2*-1;. The van der Waals surface area contributed by atoms with Crippen molar-refractivity contribution in [2.24, 2.45) is 0 Å². The van der Waals surface area contributed by atoms with Crippen LogP contribution >= 0.6 is 11.3 Å². The van der Waals surface area contributed by atoms with E-state index in [1.165, 1.54) is 30.9 Å². The molecule has 223 valence electrons. The molecule has 0 aliphatic heterocycles. The van der Waals surface area contributed by atoms with Gasteiger partial charge >= 0.3 is 163 Å². The molecule has 0 spiro atoms. The van der Waals surface area contributed by atoms with E-state index in [1.807, 2.05) is 48.0 Å². The van der Waals surface area contributed by atoms with Gasteiger partial charge in [-0.2, -0.15) is 0 Å². The van der Waals surface area contributed by atoms with E-state index in [9.17, 15) is 0 Å². The smallest absolute Gasteiger partial charge is 0.0795 e. The molecular weight excluding hydrogens is 797 g/mol. The van der Waals surface area contributed by atoms with Crippen LogP contribution in [0.4, 0.5) is 0 Å². The summed E-state index contributed by atoms with van der Waals surface area (Å²) in [4.78, 5) is 9.11. The number of hydrogen-bond acceptors (Lipinski definition) is 3. The fourth-order valence-corrected chi connectivity index (χ4v) is 9.64. The van der Waals surface area contributed by atoms with Crippen molar-refractivity contribution in [1.29, 1.82) is 0 Å². The molecule has 3 heterocycles. The monoisotopic (exact) mass is 839 g/mol. The molecule has 2 nitrogen and oxygen atoms in total. The topological polar surface area (TPSA) is 25.8 Å². The zero-order valence-electron chi connectivity index (χ0n) is 26.4. The number of rotatable bonds is 5. The molecule has 0 N–H and O–H groups in total. The van der Waals surface area contributed by atoms with Crippen molar-refractivity contribution in [2.45, 2.75) is 56.7 Å². The van der Waals surface area contributed by atoms with E-state index in [-0.39, 0.29) is 20.1 Å². The maximum absolute atomic E-state index is 4.59. The summed E-state index contributed by atoms with van der Waals surface area (Å²) in [5, 5.41) is 4.08. The molecule has 0 amide bonds. The van der Waals surface area contributed by atoms with Crippen LogP contribution in [0.1, 0.15) is 25.3 Å². The van der Waals surface area contributed by atoms with E-state index in [2.05, 4.69) is 127 Å². The van der Waals surface area contributed by atoms with Crippen LogP contribution < -0.4 is 9.58 Å². The number of pyridine rings is 2. The predicted octanol–water partition coefficient (Wildman–Crippen LogP) is 9.68. The van der Waals surface area contributed by atoms with Gasteiger partial charge in [-0.3, -0.25) is 0 Å². The minimum Gasteiger partial charge on any atom is -0.305 e. The van der Waals surface area contributed by atoms with E-state index in [4.69, 9.17) is 0 Å². The van der Waals surface area contributed by atoms with Crippen LogP contribution in [-0.4, -0.2) is 31.3 Å². The van der Waals surface area contributed by atoms with Gasteiger partial charge in [0.05, 0.1) is 8.07 Å². The van der Waals surface area contributed by atoms with Crippen molar-refractivity contribution < 1.29 is 20.1 Å². The molecule has 6 aromatic rings. The van der Waals surface area contributed by atoms with Crippen LogP contribution in [0, 0.1) is 12.1 Å². The minimum atomic E-state index is -1.80. The maximum atomic E-state index is 4.59. The number of aromatic nitrogens is 2. The normalized spacial score (nSPS) is 11.7. The SMILES string of the molecule is CC(C)c1ccnc(-c2[c-]cc3sc4c[c]([Ge]([CH3])([CH3])[CH3])ccc4c3c2)c1.C[Si](C)(C)c1ccc(-c2[c-]cccc2)nc1.[Ir]. The van der Waals surface area contributed by atoms with Gasteiger partial charge in [0.1, 0.15) is 0 Å². The molecule has 0 atom stereocenters. The van der Waals surface area contributed by atoms with E-state index >= 15 is 0 Å². The zero-order chi connectivity index (χ0) is 30.1. The van der Waals surface area contributed by atoms with E-state index in [0.717, 1.165) is 22.5 Å². The molecule has 0 saturated carbocycles. The van der Waals surface area contributed by atoms with Crippen molar-refractivity contribution in [3.63, 3.8) is 0 Å². The summed E-state index contributed by atoms with van der Waals surface area (Å²) in [5.74, 6) is 7.86. The average Bonchev–Trinajstić information content (AvgIpc) is 3.34. The Balaban J connectivity index is 0.000000215. The van der Waals surface area contributed by atoms with Gasteiger partial charge in [-0.25, -0.2) is 0 Å². The van der Waals surface area contributed by atoms with E-state index in [1.54, 1.807) is 4.40 Å². The first-order valence-electron chi connectivity index (χ1n) is 14.7. The van der Waals surface area contributed by atoms with Crippen LogP contribution in [0.2, 0.25) is 36.9 Å². The molecule has 3 aromatic carbocycles. The third-order valence-corrected chi connectivity index (χ3v) is 15.0. The Labute approximate surface area is 278 Å². The summed E-state index contributed by atoms with van der Waals surface area (Å²) < 4.78 is 4.27. The molecule has 0 aliphatic carbocycles. The Morgan fingerprint density at radius 3 is 2.19 bits per heavy atom.